The standard InChI is InChI=1S/C16H32N2O2/c1-14(2)18(3)9-4-8-17-15-5-10-20-16(13-15)6-11-19-12-7-16/h14-15,17H,4-13H2,1-3H3. The van der Waals surface area contributed by atoms with E-state index in [4.69, 9.17) is 9.47 Å². The molecule has 1 unspecified atom stereocenters. The van der Waals surface area contributed by atoms with Gasteiger partial charge in [-0.3, -0.25) is 0 Å². The third-order valence-corrected chi connectivity index (χ3v) is 4.90. The van der Waals surface area contributed by atoms with E-state index in [-0.39, 0.29) is 5.60 Å². The number of hydrogen-bond acceptors (Lipinski definition) is 4. The zero-order chi connectivity index (χ0) is 14.4. The Hall–Kier alpha value is -0.160. The molecule has 0 amide bonds. The minimum atomic E-state index is 0.114. The van der Waals surface area contributed by atoms with Gasteiger partial charge in [-0.05, 0) is 66.1 Å². The highest BCUT2D eigenvalue weighted by atomic mass is 16.5. The maximum absolute atomic E-state index is 6.08. The van der Waals surface area contributed by atoms with Gasteiger partial charge in [-0.1, -0.05) is 0 Å². The average molecular weight is 284 g/mol. The first-order chi connectivity index (χ1) is 9.61. The molecule has 118 valence electrons. The summed E-state index contributed by atoms with van der Waals surface area (Å²) >= 11 is 0. The predicted octanol–water partition coefficient (Wildman–Crippen LogP) is 2.03. The lowest BCUT2D eigenvalue weighted by atomic mass is 9.84. The van der Waals surface area contributed by atoms with Crippen molar-refractivity contribution in [3.05, 3.63) is 0 Å². The zero-order valence-corrected chi connectivity index (χ0v) is 13.5. The Bertz CT molecular complexity index is 272. The molecular weight excluding hydrogens is 252 g/mol. The fourth-order valence-electron chi connectivity index (χ4n) is 3.19. The lowest BCUT2D eigenvalue weighted by Crippen LogP contribution is -2.50. The number of hydrogen-bond donors (Lipinski definition) is 1. The molecule has 2 heterocycles. The average Bonchev–Trinajstić information content (AvgIpc) is 2.44. The van der Waals surface area contributed by atoms with Crippen molar-refractivity contribution in [3.8, 4) is 0 Å². The molecule has 20 heavy (non-hydrogen) atoms. The Morgan fingerprint density at radius 2 is 2.00 bits per heavy atom. The van der Waals surface area contributed by atoms with Gasteiger partial charge in [0.05, 0.1) is 5.60 Å². The molecule has 2 aliphatic heterocycles. The van der Waals surface area contributed by atoms with Crippen molar-refractivity contribution < 1.29 is 9.47 Å². The Kier molecular flexibility index (Phi) is 6.27. The van der Waals surface area contributed by atoms with Crippen molar-refractivity contribution >= 4 is 0 Å². The first-order valence-corrected chi connectivity index (χ1v) is 8.27. The third kappa shape index (κ3) is 4.69. The molecule has 0 saturated carbocycles. The van der Waals surface area contributed by atoms with E-state index in [9.17, 15) is 0 Å². The van der Waals surface area contributed by atoms with Crippen molar-refractivity contribution in [2.24, 2.45) is 0 Å². The lowest BCUT2D eigenvalue weighted by Gasteiger charge is -2.43. The van der Waals surface area contributed by atoms with Crippen molar-refractivity contribution in [3.63, 3.8) is 0 Å². The zero-order valence-electron chi connectivity index (χ0n) is 13.5. The fourth-order valence-corrected chi connectivity index (χ4v) is 3.19. The molecule has 2 saturated heterocycles. The molecule has 0 aromatic heterocycles. The summed E-state index contributed by atoms with van der Waals surface area (Å²) in [4.78, 5) is 2.41. The van der Waals surface area contributed by atoms with E-state index in [1.807, 2.05) is 0 Å². The summed E-state index contributed by atoms with van der Waals surface area (Å²) in [5.74, 6) is 0. The van der Waals surface area contributed by atoms with Crippen LogP contribution >= 0.6 is 0 Å². The van der Waals surface area contributed by atoms with Crippen LogP contribution in [0.5, 0.6) is 0 Å². The van der Waals surface area contributed by atoms with Crippen LogP contribution in [0.15, 0.2) is 0 Å². The van der Waals surface area contributed by atoms with Gasteiger partial charge in [-0.25, -0.2) is 0 Å². The molecule has 0 aliphatic carbocycles. The minimum absolute atomic E-state index is 0.114. The van der Waals surface area contributed by atoms with E-state index < -0.39 is 0 Å². The van der Waals surface area contributed by atoms with Gasteiger partial charge < -0.3 is 19.7 Å². The van der Waals surface area contributed by atoms with Crippen LogP contribution in [0.1, 0.15) is 46.0 Å². The normalized spacial score (nSPS) is 26.6. The minimum Gasteiger partial charge on any atom is -0.381 e. The summed E-state index contributed by atoms with van der Waals surface area (Å²) in [6.07, 6.45) is 5.68. The predicted molar refractivity (Wildman–Crippen MR) is 82.1 cm³/mol. The van der Waals surface area contributed by atoms with Crippen LogP contribution in [0.3, 0.4) is 0 Å². The number of ether oxygens (including phenoxy) is 2. The summed E-state index contributed by atoms with van der Waals surface area (Å²) in [6, 6.07) is 1.27. The van der Waals surface area contributed by atoms with Gasteiger partial charge in [0.15, 0.2) is 0 Å². The molecular formula is C16H32N2O2. The molecule has 0 bridgehead atoms. The number of nitrogens with one attached hydrogen (secondary N) is 1. The van der Waals surface area contributed by atoms with Gasteiger partial charge in [0.2, 0.25) is 0 Å². The van der Waals surface area contributed by atoms with Gasteiger partial charge in [-0.2, -0.15) is 0 Å². The van der Waals surface area contributed by atoms with Crippen LogP contribution in [-0.2, 0) is 9.47 Å². The van der Waals surface area contributed by atoms with E-state index in [2.05, 4.69) is 31.1 Å². The van der Waals surface area contributed by atoms with E-state index in [0.29, 0.717) is 12.1 Å². The summed E-state index contributed by atoms with van der Waals surface area (Å²) in [6.45, 7) is 9.43. The fraction of sp³-hybridized carbons (Fsp3) is 1.00. The first-order valence-electron chi connectivity index (χ1n) is 8.27. The lowest BCUT2D eigenvalue weighted by molar-refractivity contribution is -0.140. The molecule has 0 aromatic carbocycles. The molecule has 2 aliphatic rings. The van der Waals surface area contributed by atoms with Gasteiger partial charge in [0, 0.05) is 31.9 Å². The van der Waals surface area contributed by atoms with E-state index in [1.54, 1.807) is 0 Å². The van der Waals surface area contributed by atoms with E-state index in [1.165, 1.54) is 13.0 Å². The molecule has 2 rings (SSSR count). The van der Waals surface area contributed by atoms with E-state index >= 15 is 0 Å². The molecule has 1 spiro atoms. The second kappa shape index (κ2) is 7.74. The summed E-state index contributed by atoms with van der Waals surface area (Å²) in [5.41, 5.74) is 0.114. The molecule has 0 aromatic rings. The van der Waals surface area contributed by atoms with Crippen LogP contribution in [0.2, 0.25) is 0 Å². The summed E-state index contributed by atoms with van der Waals surface area (Å²) < 4.78 is 11.6. The van der Waals surface area contributed by atoms with Gasteiger partial charge in [-0.15, -0.1) is 0 Å². The molecule has 1 atom stereocenters. The highest BCUT2D eigenvalue weighted by molar-refractivity contribution is 4.91. The van der Waals surface area contributed by atoms with Gasteiger partial charge in [0.25, 0.3) is 0 Å². The second-order valence-electron chi connectivity index (χ2n) is 6.72. The molecule has 1 N–H and O–H groups in total. The van der Waals surface area contributed by atoms with Crippen molar-refractivity contribution in [1.82, 2.24) is 10.2 Å². The van der Waals surface area contributed by atoms with Crippen molar-refractivity contribution in [1.29, 1.82) is 0 Å². The summed E-state index contributed by atoms with van der Waals surface area (Å²) in [5, 5.41) is 3.74. The molecule has 0 radical (unpaired) electrons. The molecule has 4 nitrogen and oxygen atoms in total. The highest BCUT2D eigenvalue weighted by Gasteiger charge is 2.38. The molecule has 4 heteroatoms. The number of rotatable bonds is 6. The monoisotopic (exact) mass is 284 g/mol. The Labute approximate surface area is 124 Å². The first kappa shape index (κ1) is 16.2. The maximum atomic E-state index is 6.08. The van der Waals surface area contributed by atoms with Gasteiger partial charge in [0.1, 0.15) is 0 Å². The topological polar surface area (TPSA) is 33.7 Å². The Morgan fingerprint density at radius 1 is 1.25 bits per heavy atom. The highest BCUT2D eigenvalue weighted by Crippen LogP contribution is 2.34. The SMILES string of the molecule is CC(C)N(C)CCCNC1CCOC2(CCOCC2)C1. The van der Waals surface area contributed by atoms with Crippen LogP contribution in [-0.4, -0.2) is 62.5 Å². The second-order valence-corrected chi connectivity index (χ2v) is 6.72. The quantitative estimate of drug-likeness (QED) is 0.757. The largest absolute Gasteiger partial charge is 0.381 e. The van der Waals surface area contributed by atoms with Crippen molar-refractivity contribution in [2.75, 3.05) is 40.0 Å². The summed E-state index contributed by atoms with van der Waals surface area (Å²) in [7, 11) is 2.20. The van der Waals surface area contributed by atoms with E-state index in [0.717, 1.165) is 52.0 Å². The van der Waals surface area contributed by atoms with Crippen LogP contribution in [0.4, 0.5) is 0 Å². The smallest absolute Gasteiger partial charge is 0.0741 e. The third-order valence-electron chi connectivity index (χ3n) is 4.90. The van der Waals surface area contributed by atoms with Crippen molar-refractivity contribution in [2.45, 2.75) is 63.6 Å². The molecule has 2 fully saturated rings. The Balaban J connectivity index is 1.65. The van der Waals surface area contributed by atoms with Gasteiger partial charge >= 0.3 is 0 Å². The maximum Gasteiger partial charge on any atom is 0.0741 e. The Morgan fingerprint density at radius 3 is 2.70 bits per heavy atom. The van der Waals surface area contributed by atoms with Crippen LogP contribution in [0.25, 0.3) is 0 Å². The number of nitrogens with zero attached hydrogens (tertiary/aromatic N) is 1. The van der Waals surface area contributed by atoms with Crippen LogP contribution in [0, 0.1) is 0 Å². The van der Waals surface area contributed by atoms with Crippen LogP contribution < -0.4 is 5.32 Å².